The molecule has 1 aromatic heterocycles. The molecule has 0 aliphatic carbocycles. The van der Waals surface area contributed by atoms with E-state index in [0.717, 1.165) is 22.4 Å². The molecule has 1 heterocycles. The van der Waals surface area contributed by atoms with Gasteiger partial charge in [0.05, 0.1) is 24.2 Å². The predicted molar refractivity (Wildman–Crippen MR) is 112 cm³/mol. The molecule has 28 heavy (non-hydrogen) atoms. The number of fused-ring (bicyclic) bond motifs is 1. The zero-order chi connectivity index (χ0) is 19.5. The summed E-state index contributed by atoms with van der Waals surface area (Å²) in [6, 6.07) is 22.6. The lowest BCUT2D eigenvalue weighted by Crippen LogP contribution is -2.20. The maximum absolute atomic E-state index is 13.1. The van der Waals surface area contributed by atoms with Gasteiger partial charge in [-0.2, -0.15) is 9.78 Å². The Hall–Kier alpha value is -3.73. The summed E-state index contributed by atoms with van der Waals surface area (Å²) in [5, 5.41) is 5.01. The molecule has 5 nitrogen and oxygen atoms in total. The molecule has 138 valence electrons. The average molecular weight is 369 g/mol. The second-order valence-corrected chi connectivity index (χ2v) is 6.40. The summed E-state index contributed by atoms with van der Waals surface area (Å²) in [5.41, 5.74) is 3.21. The van der Waals surface area contributed by atoms with Crippen molar-refractivity contribution in [2.45, 2.75) is 6.92 Å². The van der Waals surface area contributed by atoms with Crippen molar-refractivity contribution in [2.75, 3.05) is 7.11 Å². The Bertz CT molecular complexity index is 1220. The monoisotopic (exact) mass is 369 g/mol. The summed E-state index contributed by atoms with van der Waals surface area (Å²) < 4.78 is 6.55. The number of nitrogens with zero attached hydrogens (tertiary/aromatic N) is 3. The Kier molecular flexibility index (Phi) is 4.72. The van der Waals surface area contributed by atoms with Crippen molar-refractivity contribution in [3.63, 3.8) is 0 Å². The van der Waals surface area contributed by atoms with E-state index in [0.29, 0.717) is 16.7 Å². The largest absolute Gasteiger partial charge is 0.497 e. The molecule has 3 aromatic carbocycles. The molecule has 0 bridgehead atoms. The van der Waals surface area contributed by atoms with Crippen LogP contribution in [0.4, 0.5) is 0 Å². The Morgan fingerprint density at radius 3 is 2.43 bits per heavy atom. The van der Waals surface area contributed by atoms with Gasteiger partial charge in [0.15, 0.2) is 5.82 Å². The fourth-order valence-corrected chi connectivity index (χ4v) is 3.04. The predicted octanol–water partition coefficient (Wildman–Crippen LogP) is 4.26. The highest BCUT2D eigenvalue weighted by Gasteiger charge is 2.13. The second kappa shape index (κ2) is 7.48. The van der Waals surface area contributed by atoms with Crippen LogP contribution in [0.25, 0.3) is 22.3 Å². The summed E-state index contributed by atoms with van der Waals surface area (Å²) in [5.74, 6) is 1.29. The van der Waals surface area contributed by atoms with Crippen molar-refractivity contribution in [2.24, 2.45) is 5.10 Å². The molecule has 0 fully saturated rings. The Labute approximate surface area is 162 Å². The van der Waals surface area contributed by atoms with E-state index in [9.17, 15) is 4.79 Å². The van der Waals surface area contributed by atoms with Crippen LogP contribution >= 0.6 is 0 Å². The van der Waals surface area contributed by atoms with Crippen molar-refractivity contribution < 1.29 is 4.74 Å². The fraction of sp³-hybridized carbons (Fsp3) is 0.0870. The van der Waals surface area contributed by atoms with Crippen LogP contribution in [0.15, 0.2) is 82.7 Å². The van der Waals surface area contributed by atoms with E-state index in [4.69, 9.17) is 9.72 Å². The van der Waals surface area contributed by atoms with Crippen LogP contribution < -0.4 is 10.3 Å². The van der Waals surface area contributed by atoms with Crippen molar-refractivity contribution in [3.05, 3.63) is 94.3 Å². The third-order valence-corrected chi connectivity index (χ3v) is 4.58. The summed E-state index contributed by atoms with van der Waals surface area (Å²) >= 11 is 0. The van der Waals surface area contributed by atoms with Crippen LogP contribution in [0.1, 0.15) is 11.1 Å². The fourth-order valence-electron chi connectivity index (χ4n) is 3.04. The molecule has 0 aliphatic heterocycles. The van der Waals surface area contributed by atoms with E-state index in [1.165, 1.54) is 4.68 Å². The minimum absolute atomic E-state index is 0.200. The topological polar surface area (TPSA) is 56.5 Å². The highest BCUT2D eigenvalue weighted by atomic mass is 16.5. The molecular weight excluding hydrogens is 350 g/mol. The van der Waals surface area contributed by atoms with E-state index in [1.807, 2.05) is 73.7 Å². The number of para-hydroxylation sites is 1. The zero-order valence-electron chi connectivity index (χ0n) is 15.7. The van der Waals surface area contributed by atoms with Gasteiger partial charge < -0.3 is 4.74 Å². The van der Waals surface area contributed by atoms with Crippen LogP contribution in [0.5, 0.6) is 5.75 Å². The molecule has 0 N–H and O–H groups in total. The molecule has 4 aromatic rings. The third-order valence-electron chi connectivity index (χ3n) is 4.58. The van der Waals surface area contributed by atoms with Crippen molar-refractivity contribution in [1.82, 2.24) is 9.66 Å². The maximum atomic E-state index is 13.1. The lowest BCUT2D eigenvalue weighted by atomic mass is 10.1. The number of aromatic nitrogens is 2. The summed E-state index contributed by atoms with van der Waals surface area (Å²) in [7, 11) is 1.62. The van der Waals surface area contributed by atoms with Gasteiger partial charge in [-0.3, -0.25) is 4.79 Å². The van der Waals surface area contributed by atoms with Crippen molar-refractivity contribution in [1.29, 1.82) is 0 Å². The van der Waals surface area contributed by atoms with Gasteiger partial charge in [0, 0.05) is 5.56 Å². The minimum atomic E-state index is -0.200. The molecule has 0 saturated carbocycles. The van der Waals surface area contributed by atoms with Crippen LogP contribution in [0, 0.1) is 6.92 Å². The molecule has 0 atom stereocenters. The number of benzene rings is 3. The van der Waals surface area contributed by atoms with E-state index in [-0.39, 0.29) is 5.56 Å². The first-order valence-electron chi connectivity index (χ1n) is 8.93. The van der Waals surface area contributed by atoms with Crippen molar-refractivity contribution in [3.8, 4) is 17.1 Å². The Balaban J connectivity index is 1.91. The highest BCUT2D eigenvalue weighted by molar-refractivity contribution is 5.82. The maximum Gasteiger partial charge on any atom is 0.282 e. The molecule has 0 saturated heterocycles. The van der Waals surface area contributed by atoms with Gasteiger partial charge in [0.1, 0.15) is 5.75 Å². The van der Waals surface area contributed by atoms with Gasteiger partial charge >= 0.3 is 0 Å². The molecular formula is C23H19N3O2. The molecule has 5 heteroatoms. The molecule has 0 aliphatic rings. The van der Waals surface area contributed by atoms with E-state index >= 15 is 0 Å². The molecule has 4 rings (SSSR count). The first-order chi connectivity index (χ1) is 13.7. The molecule has 0 radical (unpaired) electrons. The van der Waals surface area contributed by atoms with Crippen LogP contribution in [0.2, 0.25) is 0 Å². The summed E-state index contributed by atoms with van der Waals surface area (Å²) in [6.45, 7) is 1.99. The van der Waals surface area contributed by atoms with Gasteiger partial charge in [0.2, 0.25) is 0 Å². The third kappa shape index (κ3) is 3.30. The molecule has 0 unspecified atom stereocenters. The van der Waals surface area contributed by atoms with Crippen LogP contribution in [-0.4, -0.2) is 23.0 Å². The summed E-state index contributed by atoms with van der Waals surface area (Å²) in [6.07, 6.45) is 1.65. The summed E-state index contributed by atoms with van der Waals surface area (Å²) in [4.78, 5) is 17.9. The van der Waals surface area contributed by atoms with Gasteiger partial charge in [-0.15, -0.1) is 0 Å². The van der Waals surface area contributed by atoms with Crippen LogP contribution in [0.3, 0.4) is 0 Å². The Morgan fingerprint density at radius 2 is 1.68 bits per heavy atom. The first kappa shape index (κ1) is 17.7. The van der Waals surface area contributed by atoms with E-state index in [1.54, 1.807) is 19.4 Å². The Morgan fingerprint density at radius 1 is 0.964 bits per heavy atom. The zero-order valence-corrected chi connectivity index (χ0v) is 15.7. The quantitative estimate of drug-likeness (QED) is 0.505. The number of ether oxygens (including phenoxy) is 1. The van der Waals surface area contributed by atoms with Gasteiger partial charge in [-0.05, 0) is 54.4 Å². The average Bonchev–Trinajstić information content (AvgIpc) is 2.74. The van der Waals surface area contributed by atoms with Gasteiger partial charge in [0.25, 0.3) is 5.56 Å². The van der Waals surface area contributed by atoms with Gasteiger partial charge in [-0.1, -0.05) is 36.4 Å². The minimum Gasteiger partial charge on any atom is -0.497 e. The standard InChI is InChI=1S/C23H19N3O2/c1-16-7-3-4-8-19(16)22-25-21-10-6-5-9-20(21)23(27)26(22)24-15-17-11-13-18(28-2)14-12-17/h3-15H,1-2H3/b24-15+. The number of hydrogen-bond donors (Lipinski definition) is 0. The normalized spacial score (nSPS) is 11.2. The number of methoxy groups -OCH3 is 1. The highest BCUT2D eigenvalue weighted by Crippen LogP contribution is 2.22. The van der Waals surface area contributed by atoms with Crippen molar-refractivity contribution >= 4 is 17.1 Å². The van der Waals surface area contributed by atoms with E-state index in [2.05, 4.69) is 5.10 Å². The van der Waals surface area contributed by atoms with Gasteiger partial charge in [-0.25, -0.2) is 4.98 Å². The SMILES string of the molecule is COc1ccc(/C=N/n2c(-c3ccccc3C)nc3ccccc3c2=O)cc1. The molecule has 0 amide bonds. The van der Waals surface area contributed by atoms with Crippen LogP contribution in [-0.2, 0) is 0 Å². The number of hydrogen-bond acceptors (Lipinski definition) is 4. The lowest BCUT2D eigenvalue weighted by Gasteiger charge is -2.11. The smallest absolute Gasteiger partial charge is 0.282 e. The first-order valence-corrected chi connectivity index (χ1v) is 8.93. The molecule has 0 spiro atoms. The number of rotatable bonds is 4. The second-order valence-electron chi connectivity index (χ2n) is 6.40. The van der Waals surface area contributed by atoms with E-state index < -0.39 is 0 Å². The lowest BCUT2D eigenvalue weighted by molar-refractivity contribution is 0.415. The number of aryl methyl sites for hydroxylation is 1.